The Hall–Kier alpha value is -0.870. The summed E-state index contributed by atoms with van der Waals surface area (Å²) in [5, 5.41) is 2.76. The topological polar surface area (TPSA) is 58.4 Å². The Labute approximate surface area is 79.8 Å². The fourth-order valence-electron chi connectivity index (χ4n) is 0.912. The molecular weight excluding hydrogens is 166 g/mol. The van der Waals surface area contributed by atoms with E-state index < -0.39 is 0 Å². The lowest BCUT2D eigenvalue weighted by Crippen LogP contribution is -2.34. The molecule has 0 aromatic rings. The molecule has 0 aromatic heterocycles. The maximum absolute atomic E-state index is 10.9. The van der Waals surface area contributed by atoms with Crippen LogP contribution in [0, 0.1) is 0 Å². The van der Waals surface area contributed by atoms with Crippen LogP contribution in [0.4, 0.5) is 0 Å². The lowest BCUT2D eigenvalue weighted by Gasteiger charge is -2.14. The third kappa shape index (κ3) is 7.49. The second-order valence-corrected chi connectivity index (χ2v) is 2.88. The van der Waals surface area contributed by atoms with Crippen molar-refractivity contribution in [2.75, 3.05) is 33.2 Å². The molecule has 0 heterocycles. The van der Waals surface area contributed by atoms with E-state index >= 15 is 0 Å². The van der Waals surface area contributed by atoms with E-state index in [4.69, 9.17) is 5.73 Å². The molecule has 4 nitrogen and oxygen atoms in total. The van der Waals surface area contributed by atoms with E-state index in [1.54, 1.807) is 6.08 Å². The van der Waals surface area contributed by atoms with Crippen LogP contribution in [-0.2, 0) is 4.79 Å². The van der Waals surface area contributed by atoms with E-state index in [-0.39, 0.29) is 5.91 Å². The first-order chi connectivity index (χ1) is 6.20. The van der Waals surface area contributed by atoms with Gasteiger partial charge in [-0.15, -0.1) is 0 Å². The lowest BCUT2D eigenvalue weighted by atomic mass is 10.4. The van der Waals surface area contributed by atoms with Gasteiger partial charge in [-0.1, -0.05) is 6.08 Å². The molecular formula is C9H19N3O. The van der Waals surface area contributed by atoms with Crippen LogP contribution < -0.4 is 11.1 Å². The predicted octanol–water partition coefficient (Wildman–Crippen LogP) is -0.431. The average Bonchev–Trinajstić information content (AvgIpc) is 2.05. The minimum atomic E-state index is -0.0383. The second-order valence-electron chi connectivity index (χ2n) is 2.88. The van der Waals surface area contributed by atoms with Crippen molar-refractivity contribution in [2.45, 2.75) is 6.92 Å². The fourth-order valence-corrected chi connectivity index (χ4v) is 0.912. The molecule has 0 aliphatic rings. The molecule has 0 fully saturated rings. The largest absolute Gasteiger partial charge is 0.351 e. The Morgan fingerprint density at radius 1 is 1.54 bits per heavy atom. The van der Waals surface area contributed by atoms with Gasteiger partial charge >= 0.3 is 0 Å². The number of carbonyl (C=O) groups excluding carboxylic acids is 1. The summed E-state index contributed by atoms with van der Waals surface area (Å²) in [4.78, 5) is 13.0. The normalized spacial score (nSPS) is 11.1. The summed E-state index contributed by atoms with van der Waals surface area (Å²) in [6, 6.07) is 0. The summed E-state index contributed by atoms with van der Waals surface area (Å²) in [6.45, 7) is 4.83. The summed E-state index contributed by atoms with van der Waals surface area (Å²) >= 11 is 0. The van der Waals surface area contributed by atoms with Crippen LogP contribution in [0.25, 0.3) is 0 Å². The van der Waals surface area contributed by atoms with Gasteiger partial charge in [0, 0.05) is 26.2 Å². The van der Waals surface area contributed by atoms with Gasteiger partial charge < -0.3 is 16.0 Å². The molecule has 0 saturated carbocycles. The maximum atomic E-state index is 10.9. The summed E-state index contributed by atoms with van der Waals surface area (Å²) in [7, 11) is 1.98. The smallest absolute Gasteiger partial charge is 0.243 e. The van der Waals surface area contributed by atoms with Crippen LogP contribution in [0.5, 0.6) is 0 Å². The first kappa shape index (κ1) is 12.1. The van der Waals surface area contributed by atoms with Crippen molar-refractivity contribution >= 4 is 5.91 Å². The number of carbonyl (C=O) groups is 1. The van der Waals surface area contributed by atoms with Crippen LogP contribution in [0.2, 0.25) is 0 Å². The molecule has 0 aliphatic heterocycles. The van der Waals surface area contributed by atoms with Crippen molar-refractivity contribution in [3.05, 3.63) is 12.2 Å². The Kier molecular flexibility index (Phi) is 7.24. The maximum Gasteiger partial charge on any atom is 0.243 e. The van der Waals surface area contributed by atoms with Crippen LogP contribution in [-0.4, -0.2) is 44.0 Å². The predicted molar refractivity (Wildman–Crippen MR) is 54.4 cm³/mol. The first-order valence-electron chi connectivity index (χ1n) is 4.49. The molecule has 0 saturated heterocycles. The van der Waals surface area contributed by atoms with Gasteiger partial charge in [-0.2, -0.15) is 0 Å². The zero-order valence-electron chi connectivity index (χ0n) is 8.42. The van der Waals surface area contributed by atoms with E-state index in [1.807, 2.05) is 14.0 Å². The Bertz CT molecular complexity index is 168. The van der Waals surface area contributed by atoms with Gasteiger partial charge in [-0.3, -0.25) is 4.79 Å². The van der Waals surface area contributed by atoms with Gasteiger partial charge in [0.15, 0.2) is 0 Å². The van der Waals surface area contributed by atoms with Gasteiger partial charge in [-0.25, -0.2) is 0 Å². The number of nitrogens with zero attached hydrogens (tertiary/aromatic N) is 1. The SMILES string of the molecule is C/C=C/C(=O)NCCN(C)CCN. The van der Waals surface area contributed by atoms with Crippen molar-refractivity contribution in [1.29, 1.82) is 0 Å². The molecule has 13 heavy (non-hydrogen) atoms. The van der Waals surface area contributed by atoms with Gasteiger partial charge in [0.25, 0.3) is 0 Å². The molecule has 0 unspecified atom stereocenters. The number of likely N-dealkylation sites (N-methyl/N-ethyl adjacent to an activating group) is 1. The average molecular weight is 185 g/mol. The molecule has 0 aliphatic carbocycles. The summed E-state index contributed by atoms with van der Waals surface area (Å²) in [6.07, 6.45) is 3.24. The highest BCUT2D eigenvalue weighted by atomic mass is 16.1. The zero-order valence-corrected chi connectivity index (χ0v) is 8.42. The molecule has 0 radical (unpaired) electrons. The highest BCUT2D eigenvalue weighted by molar-refractivity contribution is 5.87. The van der Waals surface area contributed by atoms with E-state index in [9.17, 15) is 4.79 Å². The highest BCUT2D eigenvalue weighted by Gasteiger charge is 1.97. The van der Waals surface area contributed by atoms with Crippen LogP contribution in [0.15, 0.2) is 12.2 Å². The second kappa shape index (κ2) is 7.76. The monoisotopic (exact) mass is 185 g/mol. The van der Waals surface area contributed by atoms with Crippen LogP contribution >= 0.6 is 0 Å². The Morgan fingerprint density at radius 3 is 2.77 bits per heavy atom. The molecule has 0 atom stereocenters. The van der Waals surface area contributed by atoms with Crippen molar-refractivity contribution in [1.82, 2.24) is 10.2 Å². The number of hydrogen-bond donors (Lipinski definition) is 2. The van der Waals surface area contributed by atoms with Gasteiger partial charge in [-0.05, 0) is 20.0 Å². The molecule has 0 spiro atoms. The Balaban J connectivity index is 3.39. The van der Waals surface area contributed by atoms with E-state index in [2.05, 4.69) is 10.2 Å². The van der Waals surface area contributed by atoms with Crippen molar-refractivity contribution < 1.29 is 4.79 Å². The Morgan fingerprint density at radius 2 is 2.23 bits per heavy atom. The van der Waals surface area contributed by atoms with Crippen LogP contribution in [0.1, 0.15) is 6.92 Å². The minimum Gasteiger partial charge on any atom is -0.351 e. The van der Waals surface area contributed by atoms with Crippen molar-refractivity contribution in [3.63, 3.8) is 0 Å². The lowest BCUT2D eigenvalue weighted by molar-refractivity contribution is -0.116. The van der Waals surface area contributed by atoms with Crippen LogP contribution in [0.3, 0.4) is 0 Å². The first-order valence-corrected chi connectivity index (χ1v) is 4.49. The number of allylic oxidation sites excluding steroid dienone is 1. The number of hydrogen-bond acceptors (Lipinski definition) is 3. The highest BCUT2D eigenvalue weighted by Crippen LogP contribution is 1.78. The fraction of sp³-hybridized carbons (Fsp3) is 0.667. The van der Waals surface area contributed by atoms with E-state index in [0.717, 1.165) is 13.1 Å². The number of rotatable bonds is 6. The molecule has 0 aromatic carbocycles. The van der Waals surface area contributed by atoms with E-state index in [0.29, 0.717) is 13.1 Å². The van der Waals surface area contributed by atoms with E-state index in [1.165, 1.54) is 6.08 Å². The molecule has 3 N–H and O–H groups in total. The third-order valence-electron chi connectivity index (χ3n) is 1.62. The third-order valence-corrected chi connectivity index (χ3v) is 1.62. The van der Waals surface area contributed by atoms with Crippen molar-refractivity contribution in [3.8, 4) is 0 Å². The molecule has 0 rings (SSSR count). The quantitative estimate of drug-likeness (QED) is 0.552. The molecule has 1 amide bonds. The number of nitrogens with one attached hydrogen (secondary N) is 1. The zero-order chi connectivity index (χ0) is 10.1. The number of amides is 1. The van der Waals surface area contributed by atoms with Crippen molar-refractivity contribution in [2.24, 2.45) is 5.73 Å². The summed E-state index contributed by atoms with van der Waals surface area (Å²) in [5.74, 6) is -0.0383. The summed E-state index contributed by atoms with van der Waals surface area (Å²) < 4.78 is 0. The van der Waals surface area contributed by atoms with Gasteiger partial charge in [0.2, 0.25) is 5.91 Å². The van der Waals surface area contributed by atoms with Gasteiger partial charge in [0.05, 0.1) is 0 Å². The van der Waals surface area contributed by atoms with Gasteiger partial charge in [0.1, 0.15) is 0 Å². The molecule has 0 bridgehead atoms. The standard InChI is InChI=1S/C9H19N3O/c1-3-4-9(13)11-6-8-12(2)7-5-10/h3-4H,5-8,10H2,1-2H3,(H,11,13)/b4-3+. The molecule has 4 heteroatoms. The molecule has 76 valence electrons. The summed E-state index contributed by atoms with van der Waals surface area (Å²) in [5.41, 5.74) is 5.37. The number of nitrogens with two attached hydrogens (primary N) is 1. The minimum absolute atomic E-state index is 0.0383.